The van der Waals surface area contributed by atoms with Gasteiger partial charge in [0.1, 0.15) is 11.3 Å². The van der Waals surface area contributed by atoms with Gasteiger partial charge in [-0.15, -0.1) is 5.10 Å². The van der Waals surface area contributed by atoms with Crippen LogP contribution >= 0.6 is 0 Å². The molecule has 21 heavy (non-hydrogen) atoms. The second kappa shape index (κ2) is 5.87. The minimum Gasteiger partial charge on any atom is -0.437 e. The Morgan fingerprint density at radius 2 is 1.76 bits per heavy atom. The van der Waals surface area contributed by atoms with Gasteiger partial charge in [-0.25, -0.2) is 0 Å². The van der Waals surface area contributed by atoms with Crippen LogP contribution in [0.15, 0.2) is 42.5 Å². The van der Waals surface area contributed by atoms with Gasteiger partial charge >= 0.3 is 0 Å². The van der Waals surface area contributed by atoms with Crippen LogP contribution in [0.1, 0.15) is 25.0 Å². The lowest BCUT2D eigenvalue weighted by atomic mass is 10.0. The summed E-state index contributed by atoms with van der Waals surface area (Å²) in [4.78, 5) is 0. The SMILES string of the molecule is CCc1cccc(Oc2nnnc3ccccc23)c1CC. The van der Waals surface area contributed by atoms with Gasteiger partial charge in [-0.05, 0) is 47.4 Å². The van der Waals surface area contributed by atoms with Gasteiger partial charge < -0.3 is 4.74 Å². The molecular formula is C17H17N3O. The van der Waals surface area contributed by atoms with E-state index in [-0.39, 0.29) is 0 Å². The third-order valence-electron chi connectivity index (χ3n) is 3.59. The largest absolute Gasteiger partial charge is 0.437 e. The van der Waals surface area contributed by atoms with E-state index < -0.39 is 0 Å². The molecule has 0 amide bonds. The van der Waals surface area contributed by atoms with Crippen LogP contribution in [0, 0.1) is 0 Å². The molecule has 1 aromatic heterocycles. The molecular weight excluding hydrogens is 262 g/mol. The number of nitrogens with zero attached hydrogens (tertiary/aromatic N) is 3. The summed E-state index contributed by atoms with van der Waals surface area (Å²) in [5.74, 6) is 1.35. The van der Waals surface area contributed by atoms with E-state index in [9.17, 15) is 0 Å². The standard InChI is InChI=1S/C17H17N3O/c1-3-12-8-7-11-16(13(12)4-2)21-17-14-9-5-6-10-15(14)18-20-19-17/h5-11H,3-4H2,1-2H3. The van der Waals surface area contributed by atoms with Crippen molar-refractivity contribution < 1.29 is 4.74 Å². The van der Waals surface area contributed by atoms with Crippen molar-refractivity contribution in [3.63, 3.8) is 0 Å². The predicted octanol–water partition coefficient (Wildman–Crippen LogP) is 3.94. The fourth-order valence-electron chi connectivity index (χ4n) is 2.53. The van der Waals surface area contributed by atoms with Crippen molar-refractivity contribution in [2.45, 2.75) is 26.7 Å². The summed E-state index contributed by atoms with van der Waals surface area (Å²) >= 11 is 0. The molecule has 0 saturated carbocycles. The van der Waals surface area contributed by atoms with Crippen molar-refractivity contribution in [1.82, 2.24) is 15.4 Å². The molecule has 0 unspecified atom stereocenters. The Balaban J connectivity index is 2.07. The maximum Gasteiger partial charge on any atom is 0.250 e. The number of fused-ring (bicyclic) bond motifs is 1. The quantitative estimate of drug-likeness (QED) is 0.725. The molecule has 0 spiro atoms. The normalized spacial score (nSPS) is 10.8. The molecule has 0 saturated heterocycles. The highest BCUT2D eigenvalue weighted by Gasteiger charge is 2.11. The number of rotatable bonds is 4. The minimum absolute atomic E-state index is 0.503. The summed E-state index contributed by atoms with van der Waals surface area (Å²) in [6, 6.07) is 13.9. The molecule has 1 heterocycles. The molecule has 0 aliphatic rings. The van der Waals surface area contributed by atoms with E-state index in [1.54, 1.807) is 0 Å². The smallest absolute Gasteiger partial charge is 0.250 e. The Morgan fingerprint density at radius 1 is 0.905 bits per heavy atom. The maximum atomic E-state index is 6.04. The third kappa shape index (κ3) is 2.57. The molecule has 0 aliphatic carbocycles. The van der Waals surface area contributed by atoms with Gasteiger partial charge in [-0.3, -0.25) is 0 Å². The number of aromatic nitrogens is 3. The van der Waals surface area contributed by atoms with Crippen LogP contribution in [-0.4, -0.2) is 15.4 Å². The van der Waals surface area contributed by atoms with Crippen molar-refractivity contribution in [3.05, 3.63) is 53.6 Å². The molecule has 4 nitrogen and oxygen atoms in total. The first-order valence-electron chi connectivity index (χ1n) is 7.20. The lowest BCUT2D eigenvalue weighted by Crippen LogP contribution is -1.99. The van der Waals surface area contributed by atoms with Gasteiger partial charge in [-0.2, -0.15) is 0 Å². The van der Waals surface area contributed by atoms with Crippen LogP contribution in [0.25, 0.3) is 10.9 Å². The monoisotopic (exact) mass is 279 g/mol. The second-order valence-corrected chi connectivity index (χ2v) is 4.81. The van der Waals surface area contributed by atoms with E-state index in [0.29, 0.717) is 5.88 Å². The van der Waals surface area contributed by atoms with Gasteiger partial charge in [0, 0.05) is 0 Å². The average molecular weight is 279 g/mol. The zero-order chi connectivity index (χ0) is 14.7. The maximum absolute atomic E-state index is 6.04. The zero-order valence-corrected chi connectivity index (χ0v) is 12.2. The lowest BCUT2D eigenvalue weighted by Gasteiger charge is -2.13. The molecule has 0 N–H and O–H groups in total. The summed E-state index contributed by atoms with van der Waals surface area (Å²) in [5.41, 5.74) is 3.32. The first kappa shape index (κ1) is 13.5. The molecule has 0 aliphatic heterocycles. The van der Waals surface area contributed by atoms with Crippen molar-refractivity contribution >= 4 is 10.9 Å². The molecule has 4 heteroatoms. The predicted molar refractivity (Wildman–Crippen MR) is 82.6 cm³/mol. The number of ether oxygens (including phenoxy) is 1. The molecule has 0 radical (unpaired) electrons. The first-order valence-corrected chi connectivity index (χ1v) is 7.20. The van der Waals surface area contributed by atoms with Crippen LogP contribution in [0.3, 0.4) is 0 Å². The summed E-state index contributed by atoms with van der Waals surface area (Å²) in [5, 5.41) is 12.7. The Kier molecular flexibility index (Phi) is 3.77. The molecule has 0 atom stereocenters. The summed E-state index contributed by atoms with van der Waals surface area (Å²) in [6.07, 6.45) is 1.92. The summed E-state index contributed by atoms with van der Waals surface area (Å²) < 4.78 is 6.04. The molecule has 106 valence electrons. The Bertz CT molecular complexity index is 766. The zero-order valence-electron chi connectivity index (χ0n) is 12.2. The van der Waals surface area contributed by atoms with Crippen LogP contribution < -0.4 is 4.74 Å². The van der Waals surface area contributed by atoms with Gasteiger partial charge in [0.05, 0.1) is 5.39 Å². The third-order valence-corrected chi connectivity index (χ3v) is 3.59. The molecule has 3 aromatic rings. The van der Waals surface area contributed by atoms with Gasteiger partial charge in [0.25, 0.3) is 0 Å². The van der Waals surface area contributed by atoms with Gasteiger partial charge in [-0.1, -0.05) is 43.2 Å². The van der Waals surface area contributed by atoms with E-state index in [4.69, 9.17) is 4.74 Å². The number of hydrogen-bond acceptors (Lipinski definition) is 4. The van der Waals surface area contributed by atoms with E-state index in [2.05, 4.69) is 35.3 Å². The Hall–Kier alpha value is -2.49. The van der Waals surface area contributed by atoms with E-state index >= 15 is 0 Å². The van der Waals surface area contributed by atoms with Crippen molar-refractivity contribution in [1.29, 1.82) is 0 Å². The fraction of sp³-hybridized carbons (Fsp3) is 0.235. The molecule has 2 aromatic carbocycles. The van der Waals surface area contributed by atoms with Gasteiger partial charge in [0.15, 0.2) is 0 Å². The minimum atomic E-state index is 0.503. The van der Waals surface area contributed by atoms with Crippen molar-refractivity contribution in [3.8, 4) is 11.6 Å². The van der Waals surface area contributed by atoms with Crippen LogP contribution in [-0.2, 0) is 12.8 Å². The first-order chi connectivity index (χ1) is 10.3. The fourth-order valence-corrected chi connectivity index (χ4v) is 2.53. The number of benzene rings is 2. The highest BCUT2D eigenvalue weighted by Crippen LogP contribution is 2.30. The number of aryl methyl sites for hydroxylation is 1. The van der Waals surface area contributed by atoms with Crippen LogP contribution in [0.4, 0.5) is 0 Å². The Morgan fingerprint density at radius 3 is 2.57 bits per heavy atom. The summed E-state index contributed by atoms with van der Waals surface area (Å²) in [7, 11) is 0. The topological polar surface area (TPSA) is 47.9 Å². The molecule has 0 fully saturated rings. The van der Waals surface area contributed by atoms with Crippen molar-refractivity contribution in [2.75, 3.05) is 0 Å². The van der Waals surface area contributed by atoms with Crippen LogP contribution in [0.2, 0.25) is 0 Å². The lowest BCUT2D eigenvalue weighted by molar-refractivity contribution is 0.452. The van der Waals surface area contributed by atoms with E-state index in [1.165, 1.54) is 11.1 Å². The number of hydrogen-bond donors (Lipinski definition) is 0. The van der Waals surface area contributed by atoms with Crippen molar-refractivity contribution in [2.24, 2.45) is 0 Å². The van der Waals surface area contributed by atoms with E-state index in [0.717, 1.165) is 29.5 Å². The summed E-state index contributed by atoms with van der Waals surface area (Å²) in [6.45, 7) is 4.29. The molecule has 3 rings (SSSR count). The molecule has 0 bridgehead atoms. The Labute approximate surface area is 123 Å². The van der Waals surface area contributed by atoms with E-state index in [1.807, 2.05) is 36.4 Å². The highest BCUT2D eigenvalue weighted by atomic mass is 16.5. The highest BCUT2D eigenvalue weighted by molar-refractivity contribution is 5.82. The second-order valence-electron chi connectivity index (χ2n) is 4.81. The average Bonchev–Trinajstić information content (AvgIpc) is 2.55. The van der Waals surface area contributed by atoms with Gasteiger partial charge in [0.2, 0.25) is 5.88 Å². The van der Waals surface area contributed by atoms with Crippen LogP contribution in [0.5, 0.6) is 11.6 Å².